The summed E-state index contributed by atoms with van der Waals surface area (Å²) in [5.74, 6) is -0.584. The third-order valence-corrected chi connectivity index (χ3v) is 23.5. The van der Waals surface area contributed by atoms with Gasteiger partial charge in [-0.2, -0.15) is 0 Å². The number of phosphoric acid groups is 2. The van der Waals surface area contributed by atoms with Crippen molar-refractivity contribution in [3.05, 3.63) is 0 Å². The van der Waals surface area contributed by atoms with Gasteiger partial charge >= 0.3 is 39.5 Å². The van der Waals surface area contributed by atoms with Gasteiger partial charge in [-0.15, -0.1) is 0 Å². The summed E-state index contributed by atoms with van der Waals surface area (Å²) < 4.78 is 69.0. The number of aliphatic hydroxyl groups excluding tert-OH is 1. The Morgan fingerprint density at radius 1 is 0.266 bits per heavy atom. The van der Waals surface area contributed by atoms with Gasteiger partial charge in [-0.3, -0.25) is 37.3 Å². The molecule has 0 bridgehead atoms. The van der Waals surface area contributed by atoms with Crippen molar-refractivity contribution >= 4 is 39.5 Å². The number of ether oxygens (including phenoxy) is 4. The molecule has 3 unspecified atom stereocenters. The molecule has 0 rings (SSSR count). The van der Waals surface area contributed by atoms with Crippen LogP contribution in [-0.4, -0.2) is 96.7 Å². The van der Waals surface area contributed by atoms with Gasteiger partial charge in [0.1, 0.15) is 19.3 Å². The quantitative estimate of drug-likeness (QED) is 0.0222. The van der Waals surface area contributed by atoms with Crippen molar-refractivity contribution in [2.24, 2.45) is 11.8 Å². The molecule has 0 amide bonds. The Hall–Kier alpha value is -1.94. The second-order valence-electron chi connectivity index (χ2n) is 33.1. The number of hydrogen-bond donors (Lipinski definition) is 3. The summed E-state index contributed by atoms with van der Waals surface area (Å²) >= 11 is 0. The summed E-state index contributed by atoms with van der Waals surface area (Å²) in [5.41, 5.74) is 0. The van der Waals surface area contributed by atoms with E-state index in [-0.39, 0.29) is 25.7 Å². The first-order valence-electron chi connectivity index (χ1n) is 46.5. The summed E-state index contributed by atoms with van der Waals surface area (Å²) in [4.78, 5) is 73.3. The summed E-state index contributed by atoms with van der Waals surface area (Å²) in [7, 11) is -9.93. The fraction of sp³-hybridized carbons (Fsp3) is 0.956. The van der Waals surface area contributed by atoms with Crippen molar-refractivity contribution in [2.45, 2.75) is 503 Å². The SMILES string of the molecule is CCCCCCCCCCCCCCCCCCCCCCCCC(=O)O[C@H](COC(=O)CCCCCCCCCCCCCCCCCCCCCCC)COP(=O)(O)OC[C@@H](O)COP(=O)(O)OC[C@@H](COC(=O)CCCCCCCCC(C)CC)OC(=O)CCCCCCCCCCCCCCCC(C)C. The zero-order chi connectivity index (χ0) is 79.9. The number of unbranched alkanes of at least 4 members (excludes halogenated alkanes) is 58. The maximum Gasteiger partial charge on any atom is 0.472 e. The molecule has 0 aliphatic carbocycles. The number of rotatable bonds is 89. The molecule has 0 aromatic carbocycles. The van der Waals surface area contributed by atoms with Gasteiger partial charge in [0.05, 0.1) is 26.4 Å². The van der Waals surface area contributed by atoms with Crippen LogP contribution in [0, 0.1) is 11.8 Å². The number of aliphatic hydroxyl groups is 1. The summed E-state index contributed by atoms with van der Waals surface area (Å²) in [6.45, 7) is 9.66. The van der Waals surface area contributed by atoms with Crippen molar-refractivity contribution in [3.8, 4) is 0 Å². The van der Waals surface area contributed by atoms with Crippen molar-refractivity contribution in [3.63, 3.8) is 0 Å². The van der Waals surface area contributed by atoms with Crippen LogP contribution in [0.2, 0.25) is 0 Å². The van der Waals surface area contributed by atoms with E-state index in [0.717, 1.165) is 108 Å². The van der Waals surface area contributed by atoms with Crippen LogP contribution in [0.3, 0.4) is 0 Å². The van der Waals surface area contributed by atoms with E-state index in [1.165, 1.54) is 295 Å². The topological polar surface area (TPSA) is 237 Å². The molecule has 0 spiro atoms. The van der Waals surface area contributed by atoms with Crippen LogP contribution in [0.4, 0.5) is 0 Å². The molecule has 0 radical (unpaired) electrons. The molecule has 0 aliphatic heterocycles. The molecule has 648 valence electrons. The molecule has 0 aromatic heterocycles. The summed E-state index contributed by atoms with van der Waals surface area (Å²) in [6.07, 6.45) is 75.3. The average molecular weight is 1590 g/mol. The van der Waals surface area contributed by atoms with Crippen LogP contribution in [0.5, 0.6) is 0 Å². The predicted molar refractivity (Wildman–Crippen MR) is 451 cm³/mol. The van der Waals surface area contributed by atoms with E-state index in [1.807, 2.05) is 0 Å². The fourth-order valence-corrected chi connectivity index (χ4v) is 15.7. The van der Waals surface area contributed by atoms with Gasteiger partial charge in [0.15, 0.2) is 12.2 Å². The molecular formula is C90H176O17P2. The van der Waals surface area contributed by atoms with Gasteiger partial charge in [0.2, 0.25) is 0 Å². The minimum Gasteiger partial charge on any atom is -0.462 e. The van der Waals surface area contributed by atoms with Crippen LogP contribution in [0.25, 0.3) is 0 Å². The van der Waals surface area contributed by atoms with E-state index >= 15 is 0 Å². The molecule has 3 N–H and O–H groups in total. The maximum absolute atomic E-state index is 13.2. The molecule has 0 fully saturated rings. The Morgan fingerprint density at radius 2 is 0.468 bits per heavy atom. The molecular weight excluding hydrogens is 1410 g/mol. The highest BCUT2D eigenvalue weighted by Gasteiger charge is 2.31. The maximum atomic E-state index is 13.2. The first kappa shape index (κ1) is 107. The molecule has 109 heavy (non-hydrogen) atoms. The van der Waals surface area contributed by atoms with E-state index in [4.69, 9.17) is 37.0 Å². The third-order valence-electron chi connectivity index (χ3n) is 21.6. The Bertz CT molecular complexity index is 2080. The van der Waals surface area contributed by atoms with Gasteiger partial charge < -0.3 is 33.8 Å². The smallest absolute Gasteiger partial charge is 0.462 e. The number of carbonyl (C=O) groups is 4. The lowest BCUT2D eigenvalue weighted by Gasteiger charge is -2.21. The Labute approximate surface area is 670 Å². The molecule has 0 aromatic rings. The second-order valence-corrected chi connectivity index (χ2v) is 36.0. The van der Waals surface area contributed by atoms with E-state index < -0.39 is 97.5 Å². The van der Waals surface area contributed by atoms with E-state index in [9.17, 15) is 43.2 Å². The van der Waals surface area contributed by atoms with Gasteiger partial charge in [-0.1, -0.05) is 433 Å². The summed E-state index contributed by atoms with van der Waals surface area (Å²) in [6, 6.07) is 0. The largest absolute Gasteiger partial charge is 0.472 e. The van der Waals surface area contributed by atoms with Crippen LogP contribution in [0.1, 0.15) is 485 Å². The van der Waals surface area contributed by atoms with Crippen LogP contribution < -0.4 is 0 Å². The standard InChI is InChI=1S/C90H176O17P2/c1-7-10-12-14-16-18-20-22-24-26-28-30-32-34-36-38-42-46-50-54-62-68-74-89(94)106-85(78-100-87(92)72-66-60-53-49-45-41-37-35-33-31-29-27-25-23-21-19-17-15-13-11-8-2)80-104-108(96,97)102-76-84(91)77-103-109(98,99)105-81-86(79-101-88(93)73-67-61-57-56-59-65-71-83(6)9-3)107-90(95)75-69-63-55-51-47-43-39-40-44-48-52-58-64-70-82(4)5/h82-86,91H,7-81H2,1-6H3,(H,96,97)(H,98,99)/t83?,84-,85-,86-/m1/s1. The monoisotopic (exact) mass is 1590 g/mol. The lowest BCUT2D eigenvalue weighted by atomic mass is 10.00. The molecule has 0 saturated carbocycles. The van der Waals surface area contributed by atoms with E-state index in [2.05, 4.69) is 41.5 Å². The molecule has 0 aliphatic rings. The first-order chi connectivity index (χ1) is 52.9. The lowest BCUT2D eigenvalue weighted by molar-refractivity contribution is -0.161. The van der Waals surface area contributed by atoms with Gasteiger partial charge in [-0.05, 0) is 37.5 Å². The van der Waals surface area contributed by atoms with Crippen molar-refractivity contribution in [2.75, 3.05) is 39.6 Å². The van der Waals surface area contributed by atoms with Gasteiger partial charge in [0.25, 0.3) is 0 Å². The van der Waals surface area contributed by atoms with Gasteiger partial charge in [0, 0.05) is 25.7 Å². The predicted octanol–water partition coefficient (Wildman–Crippen LogP) is 27.8. The molecule has 17 nitrogen and oxygen atoms in total. The Kier molecular flexibility index (Phi) is 79.8. The Morgan fingerprint density at radius 3 is 0.697 bits per heavy atom. The van der Waals surface area contributed by atoms with Crippen molar-refractivity contribution in [1.82, 2.24) is 0 Å². The number of carbonyl (C=O) groups excluding carboxylic acids is 4. The van der Waals surface area contributed by atoms with E-state index in [1.54, 1.807) is 0 Å². The number of hydrogen-bond acceptors (Lipinski definition) is 15. The van der Waals surface area contributed by atoms with Crippen LogP contribution in [0.15, 0.2) is 0 Å². The molecule has 0 saturated heterocycles. The molecule has 0 heterocycles. The van der Waals surface area contributed by atoms with Crippen molar-refractivity contribution < 1.29 is 80.2 Å². The lowest BCUT2D eigenvalue weighted by Crippen LogP contribution is -2.30. The zero-order valence-electron chi connectivity index (χ0n) is 71.9. The van der Waals surface area contributed by atoms with Crippen LogP contribution in [-0.2, 0) is 65.4 Å². The first-order valence-corrected chi connectivity index (χ1v) is 49.5. The van der Waals surface area contributed by atoms with Crippen molar-refractivity contribution in [1.29, 1.82) is 0 Å². The normalized spacial score (nSPS) is 14.0. The minimum absolute atomic E-state index is 0.107. The second kappa shape index (κ2) is 81.2. The van der Waals surface area contributed by atoms with E-state index in [0.29, 0.717) is 25.7 Å². The highest BCUT2D eigenvalue weighted by atomic mass is 31.2. The highest BCUT2D eigenvalue weighted by molar-refractivity contribution is 7.47. The average Bonchev–Trinajstić information content (AvgIpc) is 0.910. The number of phosphoric ester groups is 2. The highest BCUT2D eigenvalue weighted by Crippen LogP contribution is 2.45. The third kappa shape index (κ3) is 82.4. The molecule has 6 atom stereocenters. The fourth-order valence-electron chi connectivity index (χ4n) is 14.1. The number of esters is 4. The molecule has 19 heteroatoms. The Balaban J connectivity index is 5.21. The summed E-state index contributed by atoms with van der Waals surface area (Å²) in [5, 5.41) is 10.7. The zero-order valence-corrected chi connectivity index (χ0v) is 73.7. The van der Waals surface area contributed by atoms with Gasteiger partial charge in [-0.25, -0.2) is 9.13 Å². The van der Waals surface area contributed by atoms with Crippen LogP contribution >= 0.6 is 15.6 Å². The minimum atomic E-state index is -4.97.